The number of allylic oxidation sites excluding steroid dienone is 1. The van der Waals surface area contributed by atoms with Crippen LogP contribution in [0.5, 0.6) is 5.75 Å². The van der Waals surface area contributed by atoms with Crippen molar-refractivity contribution in [1.29, 1.82) is 0 Å². The standard InChI is InChI=1S/C22H19NOS/c1-15(25-17-13-11-16(24)12-14-17)22-18-7-3-5-9-20(18)23(2)21-10-6-4-8-19(21)22/h3-14,24H,1-2H3. The van der Waals surface area contributed by atoms with Gasteiger partial charge in [-0.3, -0.25) is 0 Å². The highest BCUT2D eigenvalue weighted by Gasteiger charge is 2.25. The van der Waals surface area contributed by atoms with Crippen molar-refractivity contribution in [2.24, 2.45) is 0 Å². The summed E-state index contributed by atoms with van der Waals surface area (Å²) in [6, 6.07) is 24.5. The number of aromatic hydroxyl groups is 1. The summed E-state index contributed by atoms with van der Waals surface area (Å²) in [5.41, 5.74) is 6.24. The molecule has 0 aromatic heterocycles. The van der Waals surface area contributed by atoms with Crippen LogP contribution >= 0.6 is 11.8 Å². The van der Waals surface area contributed by atoms with E-state index in [1.807, 2.05) is 12.1 Å². The number of hydrogen-bond acceptors (Lipinski definition) is 3. The van der Waals surface area contributed by atoms with Gasteiger partial charge in [-0.1, -0.05) is 48.2 Å². The number of phenolic OH excluding ortho intramolecular Hbond substituents is 1. The summed E-state index contributed by atoms with van der Waals surface area (Å²) in [7, 11) is 2.12. The normalized spacial score (nSPS) is 12.6. The van der Waals surface area contributed by atoms with Gasteiger partial charge in [-0.2, -0.15) is 0 Å². The minimum atomic E-state index is 0.296. The molecule has 3 aromatic rings. The number of thioether (sulfide) groups is 1. The average molecular weight is 345 g/mol. The van der Waals surface area contributed by atoms with Gasteiger partial charge in [0.25, 0.3) is 0 Å². The Morgan fingerprint density at radius 3 is 1.88 bits per heavy atom. The summed E-state index contributed by atoms with van der Waals surface area (Å²) >= 11 is 1.74. The third-order valence-corrected chi connectivity index (χ3v) is 5.55. The van der Waals surface area contributed by atoms with E-state index in [1.54, 1.807) is 23.9 Å². The van der Waals surface area contributed by atoms with E-state index in [1.165, 1.54) is 33.0 Å². The van der Waals surface area contributed by atoms with Crippen molar-refractivity contribution in [1.82, 2.24) is 0 Å². The van der Waals surface area contributed by atoms with Gasteiger partial charge < -0.3 is 10.0 Å². The minimum absolute atomic E-state index is 0.296. The molecule has 0 radical (unpaired) electrons. The lowest BCUT2D eigenvalue weighted by Gasteiger charge is -2.32. The zero-order chi connectivity index (χ0) is 17.4. The Kier molecular flexibility index (Phi) is 4.02. The van der Waals surface area contributed by atoms with E-state index in [0.29, 0.717) is 5.75 Å². The van der Waals surface area contributed by atoms with Crippen LogP contribution in [0.25, 0.3) is 5.57 Å². The van der Waals surface area contributed by atoms with Crippen LogP contribution in [0.3, 0.4) is 0 Å². The van der Waals surface area contributed by atoms with Crippen LogP contribution in [0.15, 0.2) is 82.6 Å². The molecule has 1 heterocycles. The maximum absolute atomic E-state index is 9.50. The molecule has 0 atom stereocenters. The summed E-state index contributed by atoms with van der Waals surface area (Å²) in [5.74, 6) is 0.296. The number of para-hydroxylation sites is 2. The van der Waals surface area contributed by atoms with Crippen LogP contribution in [0, 0.1) is 0 Å². The molecule has 0 saturated heterocycles. The van der Waals surface area contributed by atoms with Crippen molar-refractivity contribution in [3.05, 3.63) is 88.8 Å². The van der Waals surface area contributed by atoms with Crippen molar-refractivity contribution in [3.63, 3.8) is 0 Å². The number of benzene rings is 3. The van der Waals surface area contributed by atoms with E-state index in [2.05, 4.69) is 67.4 Å². The first-order valence-corrected chi connectivity index (χ1v) is 9.07. The number of fused-ring (bicyclic) bond motifs is 2. The smallest absolute Gasteiger partial charge is 0.115 e. The average Bonchev–Trinajstić information content (AvgIpc) is 2.64. The Hall–Kier alpha value is -2.65. The Morgan fingerprint density at radius 2 is 1.32 bits per heavy atom. The molecule has 25 heavy (non-hydrogen) atoms. The van der Waals surface area contributed by atoms with Crippen LogP contribution in [0.1, 0.15) is 18.1 Å². The number of nitrogens with zero attached hydrogens (tertiary/aromatic N) is 1. The van der Waals surface area contributed by atoms with E-state index in [4.69, 9.17) is 0 Å². The van der Waals surface area contributed by atoms with Gasteiger partial charge >= 0.3 is 0 Å². The first-order chi connectivity index (χ1) is 12.1. The molecule has 3 heteroatoms. The van der Waals surface area contributed by atoms with Gasteiger partial charge in [0.1, 0.15) is 5.75 Å². The quantitative estimate of drug-likeness (QED) is 0.572. The number of phenols is 1. The third kappa shape index (κ3) is 2.81. The Bertz CT molecular complexity index is 910. The number of anilines is 2. The Labute approximate surface area is 152 Å². The molecule has 1 aliphatic rings. The van der Waals surface area contributed by atoms with E-state index < -0.39 is 0 Å². The molecular formula is C22H19NOS. The summed E-state index contributed by atoms with van der Waals surface area (Å²) in [5, 5.41) is 9.50. The van der Waals surface area contributed by atoms with Crippen molar-refractivity contribution in [2.75, 3.05) is 11.9 Å². The fraction of sp³-hybridized carbons (Fsp3) is 0.0909. The van der Waals surface area contributed by atoms with Gasteiger partial charge in [0, 0.05) is 40.0 Å². The molecule has 124 valence electrons. The van der Waals surface area contributed by atoms with Gasteiger partial charge in [0.2, 0.25) is 0 Å². The highest BCUT2D eigenvalue weighted by atomic mass is 32.2. The lowest BCUT2D eigenvalue weighted by atomic mass is 9.90. The zero-order valence-electron chi connectivity index (χ0n) is 14.2. The van der Waals surface area contributed by atoms with E-state index >= 15 is 0 Å². The Morgan fingerprint density at radius 1 is 0.800 bits per heavy atom. The molecule has 3 aromatic carbocycles. The van der Waals surface area contributed by atoms with Gasteiger partial charge in [-0.15, -0.1) is 0 Å². The molecule has 0 spiro atoms. The summed E-state index contributed by atoms with van der Waals surface area (Å²) in [6.07, 6.45) is 0. The molecule has 0 bridgehead atoms. The van der Waals surface area contributed by atoms with E-state index in [0.717, 1.165) is 4.90 Å². The SMILES string of the molecule is CC(Sc1ccc(O)cc1)=C1c2ccccc2N(C)c2ccccc21. The van der Waals surface area contributed by atoms with Crippen molar-refractivity contribution in [3.8, 4) is 5.75 Å². The van der Waals surface area contributed by atoms with Gasteiger partial charge in [0.05, 0.1) is 0 Å². The molecule has 0 amide bonds. The molecule has 0 saturated carbocycles. The van der Waals surface area contributed by atoms with Crippen molar-refractivity contribution < 1.29 is 5.11 Å². The van der Waals surface area contributed by atoms with Crippen molar-refractivity contribution >= 4 is 28.7 Å². The highest BCUT2D eigenvalue weighted by Crippen LogP contribution is 2.47. The molecule has 4 rings (SSSR count). The maximum atomic E-state index is 9.50. The summed E-state index contributed by atoms with van der Waals surface area (Å²) in [6.45, 7) is 2.17. The monoisotopic (exact) mass is 345 g/mol. The first-order valence-electron chi connectivity index (χ1n) is 8.25. The van der Waals surface area contributed by atoms with E-state index in [9.17, 15) is 5.11 Å². The first kappa shape index (κ1) is 15.9. The molecule has 0 aliphatic carbocycles. The maximum Gasteiger partial charge on any atom is 0.115 e. The Balaban J connectivity index is 1.88. The third-order valence-electron chi connectivity index (χ3n) is 4.53. The summed E-state index contributed by atoms with van der Waals surface area (Å²) < 4.78 is 0. The fourth-order valence-corrected chi connectivity index (χ4v) is 4.30. The fourth-order valence-electron chi connectivity index (χ4n) is 3.35. The van der Waals surface area contributed by atoms with Crippen LogP contribution in [-0.4, -0.2) is 12.2 Å². The largest absolute Gasteiger partial charge is 0.508 e. The van der Waals surface area contributed by atoms with Gasteiger partial charge in [-0.05, 0) is 48.2 Å². The lowest BCUT2D eigenvalue weighted by molar-refractivity contribution is 0.475. The van der Waals surface area contributed by atoms with Crippen molar-refractivity contribution in [2.45, 2.75) is 11.8 Å². The minimum Gasteiger partial charge on any atom is -0.508 e. The number of hydrogen-bond donors (Lipinski definition) is 1. The molecule has 1 N–H and O–H groups in total. The number of rotatable bonds is 2. The molecule has 1 aliphatic heterocycles. The second-order valence-corrected chi connectivity index (χ2v) is 7.41. The molecular weight excluding hydrogens is 326 g/mol. The topological polar surface area (TPSA) is 23.5 Å². The zero-order valence-corrected chi connectivity index (χ0v) is 15.0. The molecule has 0 unspecified atom stereocenters. The second-order valence-electron chi connectivity index (χ2n) is 6.12. The summed E-state index contributed by atoms with van der Waals surface area (Å²) in [4.78, 5) is 4.63. The predicted molar refractivity (Wildman–Crippen MR) is 107 cm³/mol. The predicted octanol–water partition coefficient (Wildman–Crippen LogP) is 6.05. The lowest BCUT2D eigenvalue weighted by Crippen LogP contribution is -2.18. The van der Waals surface area contributed by atoms with Crippen LogP contribution in [0.4, 0.5) is 11.4 Å². The highest BCUT2D eigenvalue weighted by molar-refractivity contribution is 8.03. The van der Waals surface area contributed by atoms with Crippen LogP contribution in [-0.2, 0) is 0 Å². The second kappa shape index (κ2) is 6.34. The van der Waals surface area contributed by atoms with Crippen LogP contribution in [0.2, 0.25) is 0 Å². The van der Waals surface area contributed by atoms with Crippen LogP contribution < -0.4 is 4.90 Å². The van der Waals surface area contributed by atoms with Gasteiger partial charge in [-0.25, -0.2) is 0 Å². The van der Waals surface area contributed by atoms with E-state index in [-0.39, 0.29) is 0 Å². The molecule has 0 fully saturated rings. The van der Waals surface area contributed by atoms with Gasteiger partial charge in [0.15, 0.2) is 0 Å². The molecule has 2 nitrogen and oxygen atoms in total.